The third-order valence-corrected chi connectivity index (χ3v) is 8.18. The Morgan fingerprint density at radius 3 is 3.00 bits per heavy atom. The average molecular weight is 440 g/mol. The van der Waals surface area contributed by atoms with E-state index < -0.39 is 0 Å². The monoisotopic (exact) mass is 439 g/mol. The number of amides is 1. The standard InChI is InChI=1S/C23H25N3O2S2/c27-20(24-17-10-5-7-14-6-1-2-8-15(14)17)13-29-12-19-25-22(28)21-16-9-3-4-11-18(16)30-23(21)26-19/h1-2,6,8,17H,3-5,7,9-13H2,(H,24,27)(H,25,26,28). The zero-order valence-electron chi connectivity index (χ0n) is 16.8. The van der Waals surface area contributed by atoms with Crippen molar-refractivity contribution in [3.8, 4) is 0 Å². The van der Waals surface area contributed by atoms with E-state index >= 15 is 0 Å². The number of thiophene rings is 1. The molecule has 1 amide bonds. The Hall–Kier alpha value is -2.12. The highest BCUT2D eigenvalue weighted by atomic mass is 32.2. The predicted molar refractivity (Wildman–Crippen MR) is 123 cm³/mol. The highest BCUT2D eigenvalue weighted by molar-refractivity contribution is 7.99. The van der Waals surface area contributed by atoms with Crippen LogP contribution in [0.25, 0.3) is 10.2 Å². The molecule has 2 aromatic heterocycles. The van der Waals surface area contributed by atoms with Crippen LogP contribution in [0.3, 0.4) is 0 Å². The fourth-order valence-corrected chi connectivity index (χ4v) is 6.64. The van der Waals surface area contributed by atoms with E-state index in [2.05, 4.69) is 28.5 Å². The molecule has 0 radical (unpaired) electrons. The van der Waals surface area contributed by atoms with Gasteiger partial charge in [-0.05, 0) is 61.6 Å². The molecule has 30 heavy (non-hydrogen) atoms. The van der Waals surface area contributed by atoms with E-state index in [0.29, 0.717) is 17.3 Å². The van der Waals surface area contributed by atoms with Crippen LogP contribution in [-0.4, -0.2) is 21.6 Å². The number of carbonyl (C=O) groups is 1. The van der Waals surface area contributed by atoms with E-state index in [4.69, 9.17) is 4.98 Å². The van der Waals surface area contributed by atoms with Crippen molar-refractivity contribution in [2.75, 3.05) is 5.75 Å². The Bertz CT molecular complexity index is 1150. The highest BCUT2D eigenvalue weighted by Crippen LogP contribution is 2.33. The van der Waals surface area contributed by atoms with Crippen molar-refractivity contribution in [1.29, 1.82) is 0 Å². The summed E-state index contributed by atoms with van der Waals surface area (Å²) in [6, 6.07) is 8.49. The van der Waals surface area contributed by atoms with Gasteiger partial charge in [0, 0.05) is 4.88 Å². The number of rotatable bonds is 5. The molecular formula is C23H25N3O2S2. The van der Waals surface area contributed by atoms with Crippen molar-refractivity contribution in [2.45, 2.75) is 56.7 Å². The lowest BCUT2D eigenvalue weighted by Gasteiger charge is -2.26. The predicted octanol–water partition coefficient (Wildman–Crippen LogP) is 4.29. The maximum Gasteiger partial charge on any atom is 0.259 e. The number of carbonyl (C=O) groups excluding carboxylic acids is 1. The van der Waals surface area contributed by atoms with Crippen molar-refractivity contribution in [3.63, 3.8) is 0 Å². The van der Waals surface area contributed by atoms with E-state index in [-0.39, 0.29) is 17.5 Å². The lowest BCUT2D eigenvalue weighted by Crippen LogP contribution is -2.32. The maximum absolute atomic E-state index is 12.6. The van der Waals surface area contributed by atoms with Crippen LogP contribution in [0.1, 0.15) is 59.1 Å². The molecule has 156 valence electrons. The van der Waals surface area contributed by atoms with Gasteiger partial charge in [0.15, 0.2) is 0 Å². The molecule has 2 aliphatic rings. The maximum atomic E-state index is 12.6. The molecule has 2 aliphatic carbocycles. The number of thioether (sulfide) groups is 1. The molecule has 0 saturated heterocycles. The van der Waals surface area contributed by atoms with E-state index in [1.54, 1.807) is 11.3 Å². The molecule has 2 heterocycles. The number of nitrogens with one attached hydrogen (secondary N) is 2. The number of H-pyrrole nitrogens is 1. The summed E-state index contributed by atoms with van der Waals surface area (Å²) < 4.78 is 0. The molecular weight excluding hydrogens is 414 g/mol. The summed E-state index contributed by atoms with van der Waals surface area (Å²) >= 11 is 3.16. The van der Waals surface area contributed by atoms with Gasteiger partial charge in [-0.3, -0.25) is 9.59 Å². The molecule has 0 saturated carbocycles. The summed E-state index contributed by atoms with van der Waals surface area (Å²) in [7, 11) is 0. The van der Waals surface area contributed by atoms with Gasteiger partial charge in [-0.2, -0.15) is 0 Å². The van der Waals surface area contributed by atoms with Gasteiger partial charge in [0.1, 0.15) is 10.7 Å². The number of hydrogen-bond donors (Lipinski definition) is 2. The minimum atomic E-state index is -0.0294. The smallest absolute Gasteiger partial charge is 0.259 e. The van der Waals surface area contributed by atoms with Gasteiger partial charge in [0.2, 0.25) is 5.91 Å². The number of aromatic nitrogens is 2. The molecule has 1 unspecified atom stereocenters. The van der Waals surface area contributed by atoms with Crippen LogP contribution in [-0.2, 0) is 29.8 Å². The molecule has 7 heteroatoms. The van der Waals surface area contributed by atoms with Gasteiger partial charge in [-0.1, -0.05) is 24.3 Å². The van der Waals surface area contributed by atoms with Crippen molar-refractivity contribution in [2.24, 2.45) is 0 Å². The Balaban J connectivity index is 1.21. The number of aromatic amines is 1. The van der Waals surface area contributed by atoms with Crippen LogP contribution < -0.4 is 10.9 Å². The number of aryl methyl sites for hydroxylation is 3. The first-order valence-corrected chi connectivity index (χ1v) is 12.6. The number of fused-ring (bicyclic) bond motifs is 4. The van der Waals surface area contributed by atoms with E-state index in [1.165, 1.54) is 39.8 Å². The largest absolute Gasteiger partial charge is 0.349 e. The van der Waals surface area contributed by atoms with Crippen molar-refractivity contribution < 1.29 is 4.79 Å². The van der Waals surface area contributed by atoms with Crippen LogP contribution in [0, 0.1) is 0 Å². The van der Waals surface area contributed by atoms with Gasteiger partial charge in [0.25, 0.3) is 5.56 Å². The SMILES string of the molecule is O=C(CSCc1nc2sc3c(c2c(=O)[nH]1)CCCC3)NC1CCCc2ccccc21. The Morgan fingerprint density at radius 2 is 2.07 bits per heavy atom. The fraction of sp³-hybridized carbons (Fsp3) is 0.435. The molecule has 3 aromatic rings. The second kappa shape index (κ2) is 8.55. The molecule has 5 rings (SSSR count). The van der Waals surface area contributed by atoms with Gasteiger partial charge < -0.3 is 10.3 Å². The van der Waals surface area contributed by atoms with E-state index in [0.717, 1.165) is 48.7 Å². The van der Waals surface area contributed by atoms with Crippen LogP contribution in [0.15, 0.2) is 29.1 Å². The molecule has 0 bridgehead atoms. The van der Waals surface area contributed by atoms with Crippen LogP contribution in [0.4, 0.5) is 0 Å². The number of hydrogen-bond acceptors (Lipinski definition) is 5. The minimum Gasteiger partial charge on any atom is -0.349 e. The van der Waals surface area contributed by atoms with Crippen molar-refractivity contribution in [3.05, 3.63) is 62.0 Å². The Kier molecular flexibility index (Phi) is 5.65. The lowest BCUT2D eigenvalue weighted by atomic mass is 9.88. The second-order valence-corrected chi connectivity index (χ2v) is 10.2. The summed E-state index contributed by atoms with van der Waals surface area (Å²) in [5.74, 6) is 1.59. The summed E-state index contributed by atoms with van der Waals surface area (Å²) in [5, 5.41) is 3.97. The summed E-state index contributed by atoms with van der Waals surface area (Å²) in [5.41, 5.74) is 3.77. The van der Waals surface area contributed by atoms with Crippen LogP contribution in [0.2, 0.25) is 0 Å². The summed E-state index contributed by atoms with van der Waals surface area (Å²) in [4.78, 5) is 34.9. The Labute approximate surface area is 183 Å². The van der Waals surface area contributed by atoms with Crippen molar-refractivity contribution in [1.82, 2.24) is 15.3 Å². The molecule has 0 spiro atoms. The summed E-state index contributed by atoms with van der Waals surface area (Å²) in [6.45, 7) is 0. The number of nitrogens with zero attached hydrogens (tertiary/aromatic N) is 1. The third-order valence-electron chi connectivity index (χ3n) is 6.05. The van der Waals surface area contributed by atoms with E-state index in [1.807, 2.05) is 6.07 Å². The van der Waals surface area contributed by atoms with Crippen molar-refractivity contribution >= 4 is 39.2 Å². The molecule has 0 aliphatic heterocycles. The second-order valence-electron chi connectivity index (χ2n) is 8.11. The number of benzene rings is 1. The van der Waals surface area contributed by atoms with Gasteiger partial charge in [0.05, 0.1) is 22.9 Å². The normalized spacial score (nSPS) is 18.1. The van der Waals surface area contributed by atoms with Crippen LogP contribution >= 0.6 is 23.1 Å². The quantitative estimate of drug-likeness (QED) is 0.622. The molecule has 5 nitrogen and oxygen atoms in total. The fourth-order valence-electron chi connectivity index (χ4n) is 4.66. The summed E-state index contributed by atoms with van der Waals surface area (Å²) in [6.07, 6.45) is 7.57. The third kappa shape index (κ3) is 3.93. The lowest BCUT2D eigenvalue weighted by molar-refractivity contribution is -0.119. The first-order chi connectivity index (χ1) is 14.7. The average Bonchev–Trinajstić information content (AvgIpc) is 3.13. The van der Waals surface area contributed by atoms with Gasteiger partial charge in [-0.15, -0.1) is 23.1 Å². The zero-order chi connectivity index (χ0) is 20.5. The molecule has 0 fully saturated rings. The van der Waals surface area contributed by atoms with Crippen LogP contribution in [0.5, 0.6) is 0 Å². The minimum absolute atomic E-state index is 0.0294. The van der Waals surface area contributed by atoms with Gasteiger partial charge >= 0.3 is 0 Å². The topological polar surface area (TPSA) is 74.8 Å². The Morgan fingerprint density at radius 1 is 1.20 bits per heavy atom. The highest BCUT2D eigenvalue weighted by Gasteiger charge is 2.22. The molecule has 1 aromatic carbocycles. The van der Waals surface area contributed by atoms with Gasteiger partial charge in [-0.25, -0.2) is 4.98 Å². The molecule has 1 atom stereocenters. The molecule has 2 N–H and O–H groups in total. The first-order valence-electron chi connectivity index (χ1n) is 10.7. The first kappa shape index (κ1) is 19.8. The van der Waals surface area contributed by atoms with E-state index in [9.17, 15) is 9.59 Å². The zero-order valence-corrected chi connectivity index (χ0v) is 18.5.